The van der Waals surface area contributed by atoms with Crippen LogP contribution in [0.25, 0.3) is 22.1 Å². The summed E-state index contributed by atoms with van der Waals surface area (Å²) in [5, 5.41) is 9.51. The van der Waals surface area contributed by atoms with E-state index in [2.05, 4.69) is 31.9 Å². The third-order valence-corrected chi connectivity index (χ3v) is 5.37. The molecule has 146 valence electrons. The van der Waals surface area contributed by atoms with Crippen LogP contribution in [0.4, 0.5) is 0 Å². The maximum absolute atomic E-state index is 13.0. The van der Waals surface area contributed by atoms with Crippen LogP contribution in [-0.4, -0.2) is 56.9 Å². The summed E-state index contributed by atoms with van der Waals surface area (Å²) >= 11 is 0. The first-order valence-electron chi connectivity index (χ1n) is 9.75. The van der Waals surface area contributed by atoms with Crippen LogP contribution in [-0.2, 0) is 11.3 Å². The van der Waals surface area contributed by atoms with Crippen LogP contribution in [0.3, 0.4) is 0 Å². The molecule has 1 fully saturated rings. The number of rotatable bonds is 3. The highest BCUT2D eigenvalue weighted by atomic mass is 16.5. The summed E-state index contributed by atoms with van der Waals surface area (Å²) in [6.07, 6.45) is 0. The molecule has 29 heavy (non-hydrogen) atoms. The van der Waals surface area contributed by atoms with Crippen molar-refractivity contribution in [3.8, 4) is 0 Å². The fourth-order valence-corrected chi connectivity index (χ4v) is 3.84. The molecule has 3 heterocycles. The van der Waals surface area contributed by atoms with Crippen molar-refractivity contribution in [1.82, 2.24) is 24.6 Å². The van der Waals surface area contributed by atoms with E-state index >= 15 is 0 Å². The molecule has 0 aliphatic carbocycles. The van der Waals surface area contributed by atoms with Gasteiger partial charge in [-0.05, 0) is 30.7 Å². The Morgan fingerprint density at radius 1 is 1.07 bits per heavy atom. The van der Waals surface area contributed by atoms with Gasteiger partial charge in [0.15, 0.2) is 0 Å². The number of aryl methyl sites for hydroxylation is 1. The number of ether oxygens (including phenoxy) is 1. The van der Waals surface area contributed by atoms with Crippen molar-refractivity contribution in [2.75, 3.05) is 26.3 Å². The Bertz CT molecular complexity index is 1200. The summed E-state index contributed by atoms with van der Waals surface area (Å²) in [6.45, 7) is 5.05. The van der Waals surface area contributed by atoms with Gasteiger partial charge in [0.1, 0.15) is 5.82 Å². The number of carbonyl (C=O) groups is 1. The SMILES string of the molecule is Cc1nc2nnc3ccc(C(=O)N4CCOCC4)cc3c2n1Cc1ccccc1. The Hall–Kier alpha value is -3.32. The number of nitrogens with zero attached hydrogens (tertiary/aromatic N) is 5. The Balaban J connectivity index is 1.63. The minimum Gasteiger partial charge on any atom is -0.378 e. The van der Waals surface area contributed by atoms with Gasteiger partial charge in [-0.3, -0.25) is 4.79 Å². The monoisotopic (exact) mass is 387 g/mol. The summed E-state index contributed by atoms with van der Waals surface area (Å²) in [6, 6.07) is 15.9. The molecule has 1 amide bonds. The van der Waals surface area contributed by atoms with Crippen molar-refractivity contribution in [2.24, 2.45) is 0 Å². The zero-order valence-electron chi connectivity index (χ0n) is 16.2. The van der Waals surface area contributed by atoms with Gasteiger partial charge >= 0.3 is 0 Å². The van der Waals surface area contributed by atoms with Crippen LogP contribution >= 0.6 is 0 Å². The minimum absolute atomic E-state index is 0.0195. The maximum Gasteiger partial charge on any atom is 0.254 e. The van der Waals surface area contributed by atoms with E-state index in [1.807, 2.05) is 48.2 Å². The first kappa shape index (κ1) is 17.8. The number of hydrogen-bond donors (Lipinski definition) is 0. The molecule has 2 aromatic heterocycles. The highest BCUT2D eigenvalue weighted by Crippen LogP contribution is 2.25. The van der Waals surface area contributed by atoms with Crippen molar-refractivity contribution >= 4 is 28.0 Å². The molecule has 0 N–H and O–H groups in total. The summed E-state index contributed by atoms with van der Waals surface area (Å²) < 4.78 is 7.51. The second kappa shape index (κ2) is 7.25. The Kier molecular flexibility index (Phi) is 4.44. The van der Waals surface area contributed by atoms with Crippen molar-refractivity contribution in [3.63, 3.8) is 0 Å². The van der Waals surface area contributed by atoms with Gasteiger partial charge in [-0.15, -0.1) is 10.2 Å². The third-order valence-electron chi connectivity index (χ3n) is 5.37. The Morgan fingerprint density at radius 2 is 1.86 bits per heavy atom. The number of amides is 1. The summed E-state index contributed by atoms with van der Waals surface area (Å²) in [5.41, 5.74) is 4.10. The van der Waals surface area contributed by atoms with Gasteiger partial charge in [-0.25, -0.2) is 4.98 Å². The van der Waals surface area contributed by atoms with Crippen LogP contribution < -0.4 is 0 Å². The van der Waals surface area contributed by atoms with Crippen LogP contribution in [0.5, 0.6) is 0 Å². The topological polar surface area (TPSA) is 73.1 Å². The lowest BCUT2D eigenvalue weighted by Gasteiger charge is -2.26. The molecular formula is C22H21N5O2. The predicted molar refractivity (Wildman–Crippen MR) is 110 cm³/mol. The number of benzene rings is 2. The van der Waals surface area contributed by atoms with Crippen LogP contribution in [0.2, 0.25) is 0 Å². The average Bonchev–Trinajstić information content (AvgIpc) is 3.09. The van der Waals surface area contributed by atoms with E-state index in [-0.39, 0.29) is 5.91 Å². The van der Waals surface area contributed by atoms with E-state index in [0.29, 0.717) is 44.1 Å². The highest BCUT2D eigenvalue weighted by molar-refractivity contribution is 6.05. The van der Waals surface area contributed by atoms with E-state index in [4.69, 9.17) is 4.74 Å². The van der Waals surface area contributed by atoms with E-state index in [1.54, 1.807) is 0 Å². The lowest BCUT2D eigenvalue weighted by molar-refractivity contribution is 0.0303. The molecule has 0 radical (unpaired) electrons. The summed E-state index contributed by atoms with van der Waals surface area (Å²) in [7, 11) is 0. The molecule has 4 aromatic rings. The second-order valence-electron chi connectivity index (χ2n) is 7.24. The van der Waals surface area contributed by atoms with Crippen LogP contribution in [0.1, 0.15) is 21.7 Å². The Labute approximate surface area is 167 Å². The molecule has 0 saturated carbocycles. The molecule has 5 rings (SSSR count). The molecular weight excluding hydrogens is 366 g/mol. The zero-order chi connectivity index (χ0) is 19.8. The smallest absolute Gasteiger partial charge is 0.254 e. The first-order valence-corrected chi connectivity index (χ1v) is 9.75. The molecule has 1 aliphatic heterocycles. The lowest BCUT2D eigenvalue weighted by Crippen LogP contribution is -2.40. The van der Waals surface area contributed by atoms with Gasteiger partial charge in [0.25, 0.3) is 5.91 Å². The molecule has 7 nitrogen and oxygen atoms in total. The maximum atomic E-state index is 13.0. The number of carbonyl (C=O) groups excluding carboxylic acids is 1. The third kappa shape index (κ3) is 3.23. The molecule has 0 unspecified atom stereocenters. The predicted octanol–water partition coefficient (Wildman–Crippen LogP) is 2.81. The average molecular weight is 387 g/mol. The van der Waals surface area contributed by atoms with Gasteiger partial charge < -0.3 is 14.2 Å². The standard InChI is InChI=1S/C22H21N5O2/c1-15-23-21-20(27(15)14-16-5-3-2-4-6-16)18-13-17(7-8-19(18)24-25-21)22(28)26-9-11-29-12-10-26/h2-8,13H,9-12,14H2,1H3. The number of aromatic nitrogens is 4. The van der Waals surface area contributed by atoms with Crippen LogP contribution in [0.15, 0.2) is 48.5 Å². The molecule has 1 aliphatic rings. The number of fused-ring (bicyclic) bond motifs is 3. The fourth-order valence-electron chi connectivity index (χ4n) is 3.84. The summed E-state index contributed by atoms with van der Waals surface area (Å²) in [4.78, 5) is 19.4. The van der Waals surface area contributed by atoms with E-state index < -0.39 is 0 Å². The van der Waals surface area contributed by atoms with Gasteiger partial charge in [-0.1, -0.05) is 30.3 Å². The van der Waals surface area contributed by atoms with Crippen molar-refractivity contribution in [1.29, 1.82) is 0 Å². The quantitative estimate of drug-likeness (QED) is 0.540. The first-order chi connectivity index (χ1) is 14.2. The van der Waals surface area contributed by atoms with E-state index in [1.165, 1.54) is 5.56 Å². The molecule has 0 bridgehead atoms. The largest absolute Gasteiger partial charge is 0.378 e. The highest BCUT2D eigenvalue weighted by Gasteiger charge is 2.20. The minimum atomic E-state index is 0.0195. The van der Waals surface area contributed by atoms with Crippen molar-refractivity contribution in [2.45, 2.75) is 13.5 Å². The zero-order valence-corrected chi connectivity index (χ0v) is 16.2. The van der Waals surface area contributed by atoms with Crippen molar-refractivity contribution in [3.05, 3.63) is 65.5 Å². The Morgan fingerprint density at radius 3 is 2.66 bits per heavy atom. The molecule has 7 heteroatoms. The van der Waals surface area contributed by atoms with Gasteiger partial charge in [0.2, 0.25) is 5.65 Å². The number of imidazole rings is 1. The normalized spacial score (nSPS) is 14.6. The van der Waals surface area contributed by atoms with Gasteiger partial charge in [-0.2, -0.15) is 0 Å². The molecule has 2 aromatic carbocycles. The fraction of sp³-hybridized carbons (Fsp3) is 0.273. The number of hydrogen-bond acceptors (Lipinski definition) is 5. The summed E-state index contributed by atoms with van der Waals surface area (Å²) in [5.74, 6) is 0.890. The lowest BCUT2D eigenvalue weighted by atomic mass is 10.1. The number of morpholine rings is 1. The second-order valence-corrected chi connectivity index (χ2v) is 7.24. The van der Waals surface area contributed by atoms with Crippen molar-refractivity contribution < 1.29 is 9.53 Å². The molecule has 0 spiro atoms. The van der Waals surface area contributed by atoms with Gasteiger partial charge in [0, 0.05) is 30.6 Å². The van der Waals surface area contributed by atoms with Gasteiger partial charge in [0.05, 0.1) is 24.2 Å². The molecule has 1 saturated heterocycles. The van der Waals surface area contributed by atoms with E-state index in [0.717, 1.165) is 22.2 Å². The molecule has 0 atom stereocenters. The van der Waals surface area contributed by atoms with Crippen LogP contribution in [0, 0.1) is 6.92 Å². The van der Waals surface area contributed by atoms with E-state index in [9.17, 15) is 4.79 Å².